The third kappa shape index (κ3) is 4.24. The van der Waals surface area contributed by atoms with Gasteiger partial charge >= 0.3 is 0 Å². The lowest BCUT2D eigenvalue weighted by Gasteiger charge is -2.14. The summed E-state index contributed by atoms with van der Waals surface area (Å²) in [5, 5.41) is 1.48. The first-order valence-corrected chi connectivity index (χ1v) is 7.97. The van der Waals surface area contributed by atoms with Crippen LogP contribution in [0.5, 0.6) is 0 Å². The fourth-order valence-corrected chi connectivity index (χ4v) is 2.96. The Kier molecular flexibility index (Phi) is 5.35. The quantitative estimate of drug-likeness (QED) is 0.780. The average molecular weight is 284 g/mol. The maximum absolute atomic E-state index is 11.9. The van der Waals surface area contributed by atoms with E-state index in [0.29, 0.717) is 17.8 Å². The Morgan fingerprint density at radius 2 is 2.00 bits per heavy atom. The van der Waals surface area contributed by atoms with Gasteiger partial charge in [0.25, 0.3) is 0 Å². The van der Waals surface area contributed by atoms with Gasteiger partial charge in [-0.05, 0) is 25.5 Å². The maximum Gasteiger partial charge on any atom is 0.242 e. The lowest BCUT2D eigenvalue weighted by atomic mass is 10.2. The standard InChI is InChI=1S/C13H20N2O3S/c1-3-4-9-19(17,18)10(2)13(16)15-12-8-6-5-7-11(12)14/h5-8,10H,3-4,9,14H2,1-2H3,(H,15,16). The zero-order valence-corrected chi connectivity index (χ0v) is 12.0. The molecule has 0 saturated heterocycles. The maximum atomic E-state index is 11.9. The molecule has 1 aromatic carbocycles. The van der Waals surface area contributed by atoms with Crippen molar-refractivity contribution in [3.63, 3.8) is 0 Å². The topological polar surface area (TPSA) is 89.3 Å². The monoisotopic (exact) mass is 284 g/mol. The highest BCUT2D eigenvalue weighted by Gasteiger charge is 2.27. The third-order valence-electron chi connectivity index (χ3n) is 2.91. The van der Waals surface area contributed by atoms with Crippen LogP contribution in [0.1, 0.15) is 26.7 Å². The van der Waals surface area contributed by atoms with E-state index in [9.17, 15) is 13.2 Å². The van der Waals surface area contributed by atoms with Gasteiger partial charge in [-0.3, -0.25) is 4.79 Å². The molecule has 6 heteroatoms. The summed E-state index contributed by atoms with van der Waals surface area (Å²) in [5.41, 5.74) is 6.54. The van der Waals surface area contributed by atoms with Crippen LogP contribution in [0.25, 0.3) is 0 Å². The summed E-state index contributed by atoms with van der Waals surface area (Å²) in [6, 6.07) is 6.75. The van der Waals surface area contributed by atoms with E-state index in [1.54, 1.807) is 24.3 Å². The SMILES string of the molecule is CCCCS(=O)(=O)C(C)C(=O)Nc1ccccc1N. The number of amides is 1. The van der Waals surface area contributed by atoms with Crippen LogP contribution in [0, 0.1) is 0 Å². The van der Waals surface area contributed by atoms with Crippen molar-refractivity contribution >= 4 is 27.1 Å². The Morgan fingerprint density at radius 1 is 1.37 bits per heavy atom. The minimum absolute atomic E-state index is 0.0301. The molecular weight excluding hydrogens is 264 g/mol. The van der Waals surface area contributed by atoms with Gasteiger partial charge < -0.3 is 11.1 Å². The Bertz CT molecular complexity index is 541. The van der Waals surface area contributed by atoms with E-state index in [-0.39, 0.29) is 5.75 Å². The normalized spacial score (nSPS) is 12.9. The highest BCUT2D eigenvalue weighted by atomic mass is 32.2. The Morgan fingerprint density at radius 3 is 2.58 bits per heavy atom. The largest absolute Gasteiger partial charge is 0.397 e. The molecule has 19 heavy (non-hydrogen) atoms. The first-order valence-electron chi connectivity index (χ1n) is 6.25. The molecule has 1 amide bonds. The van der Waals surface area contributed by atoms with Gasteiger partial charge in [0.2, 0.25) is 5.91 Å². The molecule has 0 aliphatic carbocycles. The van der Waals surface area contributed by atoms with E-state index < -0.39 is 21.0 Å². The van der Waals surface area contributed by atoms with E-state index in [4.69, 9.17) is 5.73 Å². The number of nitrogens with one attached hydrogen (secondary N) is 1. The van der Waals surface area contributed by atoms with Crippen LogP contribution < -0.4 is 11.1 Å². The first-order chi connectivity index (χ1) is 8.88. The van der Waals surface area contributed by atoms with E-state index in [0.717, 1.165) is 6.42 Å². The van der Waals surface area contributed by atoms with Gasteiger partial charge in [0.05, 0.1) is 17.1 Å². The minimum atomic E-state index is -3.41. The lowest BCUT2D eigenvalue weighted by Crippen LogP contribution is -2.34. The van der Waals surface area contributed by atoms with Crippen molar-refractivity contribution in [3.05, 3.63) is 24.3 Å². The molecule has 0 aliphatic rings. The number of rotatable bonds is 6. The van der Waals surface area contributed by atoms with Crippen molar-refractivity contribution in [3.8, 4) is 0 Å². The number of benzene rings is 1. The summed E-state index contributed by atoms with van der Waals surface area (Å²) in [7, 11) is -3.41. The van der Waals surface area contributed by atoms with Gasteiger partial charge in [-0.15, -0.1) is 0 Å². The number of anilines is 2. The number of sulfone groups is 1. The van der Waals surface area contributed by atoms with Crippen LogP contribution in [0.3, 0.4) is 0 Å². The second kappa shape index (κ2) is 6.56. The molecule has 1 unspecified atom stereocenters. The molecule has 0 aliphatic heterocycles. The minimum Gasteiger partial charge on any atom is -0.397 e. The summed E-state index contributed by atoms with van der Waals surface area (Å²) >= 11 is 0. The fraction of sp³-hybridized carbons (Fsp3) is 0.462. The van der Waals surface area contributed by atoms with E-state index in [1.165, 1.54) is 6.92 Å². The third-order valence-corrected chi connectivity index (χ3v) is 5.06. The molecule has 0 aromatic heterocycles. The molecule has 0 saturated carbocycles. The fourth-order valence-electron chi connectivity index (χ4n) is 1.53. The zero-order chi connectivity index (χ0) is 14.5. The molecule has 1 rings (SSSR count). The first kappa shape index (κ1) is 15.5. The number of carbonyl (C=O) groups is 1. The molecule has 0 spiro atoms. The second-order valence-corrected chi connectivity index (χ2v) is 6.88. The van der Waals surface area contributed by atoms with Crippen molar-refractivity contribution in [2.45, 2.75) is 31.9 Å². The molecule has 1 aromatic rings. The Hall–Kier alpha value is -1.56. The highest BCUT2D eigenvalue weighted by molar-refractivity contribution is 7.92. The van der Waals surface area contributed by atoms with Crippen molar-refractivity contribution in [1.29, 1.82) is 0 Å². The van der Waals surface area contributed by atoms with Crippen molar-refractivity contribution in [1.82, 2.24) is 0 Å². The van der Waals surface area contributed by atoms with Gasteiger partial charge in [0.15, 0.2) is 9.84 Å². The van der Waals surface area contributed by atoms with E-state index >= 15 is 0 Å². The average Bonchev–Trinajstić information content (AvgIpc) is 2.38. The van der Waals surface area contributed by atoms with Gasteiger partial charge in [-0.1, -0.05) is 25.5 Å². The van der Waals surface area contributed by atoms with Crippen LogP contribution in [-0.2, 0) is 14.6 Å². The van der Waals surface area contributed by atoms with Gasteiger partial charge in [0, 0.05) is 0 Å². The van der Waals surface area contributed by atoms with Crippen LogP contribution in [0.2, 0.25) is 0 Å². The molecule has 106 valence electrons. The lowest BCUT2D eigenvalue weighted by molar-refractivity contribution is -0.115. The Labute approximate surface area is 114 Å². The smallest absolute Gasteiger partial charge is 0.242 e. The number of hydrogen-bond acceptors (Lipinski definition) is 4. The number of hydrogen-bond donors (Lipinski definition) is 2. The number of carbonyl (C=O) groups excluding carboxylic acids is 1. The number of nitrogen functional groups attached to an aromatic ring is 1. The Balaban J connectivity index is 2.76. The predicted octanol–water partition coefficient (Wildman–Crippen LogP) is 1.81. The number of nitrogens with two attached hydrogens (primary N) is 1. The molecule has 3 N–H and O–H groups in total. The van der Waals surface area contributed by atoms with Crippen LogP contribution in [0.15, 0.2) is 24.3 Å². The van der Waals surface area contributed by atoms with Crippen LogP contribution in [0.4, 0.5) is 11.4 Å². The van der Waals surface area contributed by atoms with Gasteiger partial charge in [-0.2, -0.15) is 0 Å². The molecule has 0 bridgehead atoms. The summed E-state index contributed by atoms with van der Waals surface area (Å²) < 4.78 is 23.8. The van der Waals surface area contributed by atoms with Crippen molar-refractivity contribution in [2.24, 2.45) is 0 Å². The molecule has 0 fully saturated rings. The van der Waals surface area contributed by atoms with Gasteiger partial charge in [-0.25, -0.2) is 8.42 Å². The van der Waals surface area contributed by atoms with Crippen molar-refractivity contribution < 1.29 is 13.2 Å². The van der Waals surface area contributed by atoms with Crippen LogP contribution in [-0.4, -0.2) is 25.3 Å². The summed E-state index contributed by atoms with van der Waals surface area (Å²) in [6.45, 7) is 3.31. The number of unbranched alkanes of at least 4 members (excludes halogenated alkanes) is 1. The molecule has 0 heterocycles. The number of para-hydroxylation sites is 2. The molecular formula is C13H20N2O3S. The van der Waals surface area contributed by atoms with E-state index in [2.05, 4.69) is 5.32 Å². The summed E-state index contributed by atoms with van der Waals surface area (Å²) in [5.74, 6) is -0.517. The van der Waals surface area contributed by atoms with E-state index in [1.807, 2.05) is 6.92 Å². The zero-order valence-electron chi connectivity index (χ0n) is 11.2. The summed E-state index contributed by atoms with van der Waals surface area (Å²) in [4.78, 5) is 11.9. The molecule has 0 radical (unpaired) electrons. The predicted molar refractivity (Wildman–Crippen MR) is 77.6 cm³/mol. The summed E-state index contributed by atoms with van der Waals surface area (Å²) in [6.07, 6.45) is 1.34. The van der Waals surface area contributed by atoms with Crippen LogP contribution >= 0.6 is 0 Å². The highest BCUT2D eigenvalue weighted by Crippen LogP contribution is 2.18. The van der Waals surface area contributed by atoms with Gasteiger partial charge in [0.1, 0.15) is 5.25 Å². The molecule has 5 nitrogen and oxygen atoms in total. The molecule has 1 atom stereocenters. The second-order valence-electron chi connectivity index (χ2n) is 4.44. The van der Waals surface area contributed by atoms with Crippen molar-refractivity contribution in [2.75, 3.05) is 16.8 Å².